The minimum atomic E-state index is -0.481. The number of para-hydroxylation sites is 2. The number of nitrogens with one attached hydrogen (secondary N) is 2. The van der Waals surface area contributed by atoms with Crippen molar-refractivity contribution in [2.24, 2.45) is 5.73 Å². The number of benzene rings is 2. The van der Waals surface area contributed by atoms with Gasteiger partial charge in [0.25, 0.3) is 5.91 Å². The number of hydrogen-bond donors (Lipinski definition) is 3. The zero-order valence-corrected chi connectivity index (χ0v) is 22.3. The lowest BCUT2D eigenvalue weighted by atomic mass is 10.1. The number of carbonyl (C=O) groups is 2. The van der Waals surface area contributed by atoms with Gasteiger partial charge in [0.1, 0.15) is 17.9 Å². The molecule has 5 aromatic rings. The van der Waals surface area contributed by atoms with Crippen LogP contribution in [0.4, 0.5) is 4.39 Å². The number of oxazole rings is 1. The standard InChI is InChI=1S/C30H30FN7O3/c31-22-7-4-13-34-24(22)18-35-30(40)25-19-41-28(37-25)11-15-33-14-10-27-36-23-8-1-2-9-26(23)38(27)16-12-20-5-3-6-21(17-20)29(32)39/h1-9,13,17,19,33H,10-12,14-16,18H2,(H2,32,39)(H,35,40). The van der Waals surface area contributed by atoms with Crippen LogP contribution in [0.25, 0.3) is 11.0 Å². The molecule has 0 bridgehead atoms. The fourth-order valence-electron chi connectivity index (χ4n) is 4.54. The van der Waals surface area contributed by atoms with Gasteiger partial charge in [0.2, 0.25) is 5.91 Å². The van der Waals surface area contributed by atoms with Gasteiger partial charge in [0.05, 0.1) is 23.3 Å². The molecular formula is C30H30FN7O3. The summed E-state index contributed by atoms with van der Waals surface area (Å²) < 4.78 is 21.4. The van der Waals surface area contributed by atoms with Crippen molar-refractivity contribution in [1.82, 2.24) is 30.2 Å². The summed E-state index contributed by atoms with van der Waals surface area (Å²) >= 11 is 0. The number of nitrogens with zero attached hydrogens (tertiary/aromatic N) is 4. The van der Waals surface area contributed by atoms with Gasteiger partial charge in [-0.2, -0.15) is 0 Å². The van der Waals surface area contributed by atoms with Crippen LogP contribution in [0, 0.1) is 5.82 Å². The van der Waals surface area contributed by atoms with Gasteiger partial charge in [0, 0.05) is 44.2 Å². The second-order valence-electron chi connectivity index (χ2n) is 9.47. The highest BCUT2D eigenvalue weighted by Crippen LogP contribution is 2.18. The van der Waals surface area contributed by atoms with E-state index in [1.54, 1.807) is 6.07 Å². The van der Waals surface area contributed by atoms with E-state index >= 15 is 0 Å². The number of pyridine rings is 1. The molecule has 210 valence electrons. The molecule has 2 amide bonds. The van der Waals surface area contributed by atoms with Gasteiger partial charge in [-0.1, -0.05) is 24.3 Å². The predicted octanol–water partition coefficient (Wildman–Crippen LogP) is 3.20. The normalized spacial score (nSPS) is 11.1. The number of halogens is 1. The Hall–Kier alpha value is -4.90. The molecule has 0 fully saturated rings. The van der Waals surface area contributed by atoms with Crippen molar-refractivity contribution < 1.29 is 18.4 Å². The van der Waals surface area contributed by atoms with Gasteiger partial charge in [-0.05, 0) is 48.4 Å². The van der Waals surface area contributed by atoms with Crippen molar-refractivity contribution >= 4 is 22.8 Å². The highest BCUT2D eigenvalue weighted by molar-refractivity contribution is 5.93. The fraction of sp³-hybridized carbons (Fsp3) is 0.233. The van der Waals surface area contributed by atoms with Crippen LogP contribution in [0.1, 0.15) is 43.8 Å². The van der Waals surface area contributed by atoms with Crippen molar-refractivity contribution in [2.45, 2.75) is 32.4 Å². The third kappa shape index (κ3) is 7.00. The summed E-state index contributed by atoms with van der Waals surface area (Å²) in [4.78, 5) is 36.9. The predicted molar refractivity (Wildman–Crippen MR) is 151 cm³/mol. The highest BCUT2D eigenvalue weighted by atomic mass is 19.1. The van der Waals surface area contributed by atoms with E-state index in [0.29, 0.717) is 43.9 Å². The summed E-state index contributed by atoms with van der Waals surface area (Å²) in [5, 5.41) is 5.98. The van der Waals surface area contributed by atoms with E-state index in [2.05, 4.69) is 31.2 Å². The molecular weight excluding hydrogens is 525 g/mol. The lowest BCUT2D eigenvalue weighted by Gasteiger charge is -2.10. The molecule has 4 N–H and O–H groups in total. The molecule has 5 rings (SSSR count). The van der Waals surface area contributed by atoms with E-state index in [9.17, 15) is 14.0 Å². The third-order valence-electron chi connectivity index (χ3n) is 6.65. The number of imidazole rings is 1. The van der Waals surface area contributed by atoms with E-state index < -0.39 is 17.6 Å². The summed E-state index contributed by atoms with van der Waals surface area (Å²) in [6, 6.07) is 18.2. The van der Waals surface area contributed by atoms with Crippen LogP contribution in [-0.4, -0.2) is 44.4 Å². The lowest BCUT2D eigenvalue weighted by molar-refractivity contribution is 0.0943. The fourth-order valence-corrected chi connectivity index (χ4v) is 4.54. The topological polar surface area (TPSA) is 141 Å². The summed E-state index contributed by atoms with van der Waals surface area (Å²) in [6.07, 6.45) is 4.70. The second kappa shape index (κ2) is 13.0. The molecule has 0 saturated heterocycles. The zero-order chi connectivity index (χ0) is 28.6. The Kier molecular flexibility index (Phi) is 8.75. The van der Waals surface area contributed by atoms with Crippen molar-refractivity contribution in [3.8, 4) is 0 Å². The number of aryl methyl sites for hydroxylation is 2. The maximum Gasteiger partial charge on any atom is 0.273 e. The first kappa shape index (κ1) is 27.7. The summed E-state index contributed by atoms with van der Waals surface area (Å²) in [5.74, 6) is 0.0121. The maximum absolute atomic E-state index is 13.7. The lowest BCUT2D eigenvalue weighted by Crippen LogP contribution is -2.24. The van der Waals surface area contributed by atoms with Gasteiger partial charge >= 0.3 is 0 Å². The first-order chi connectivity index (χ1) is 20.0. The van der Waals surface area contributed by atoms with E-state index in [1.807, 2.05) is 36.4 Å². The zero-order valence-electron chi connectivity index (χ0n) is 22.3. The van der Waals surface area contributed by atoms with Crippen molar-refractivity contribution in [2.75, 3.05) is 13.1 Å². The molecule has 0 spiro atoms. The van der Waals surface area contributed by atoms with Crippen molar-refractivity contribution in [1.29, 1.82) is 0 Å². The molecule has 10 nitrogen and oxygen atoms in total. The molecule has 2 aromatic carbocycles. The Morgan fingerprint density at radius 2 is 1.83 bits per heavy atom. The Balaban J connectivity index is 1.12. The number of nitrogens with two attached hydrogens (primary N) is 1. The SMILES string of the molecule is NC(=O)c1cccc(CCn2c(CCNCCc3nc(C(=O)NCc4ncccc4F)co3)nc3ccccc32)c1. The van der Waals surface area contributed by atoms with Crippen LogP contribution in [0.15, 0.2) is 77.5 Å². The van der Waals surface area contributed by atoms with Crippen LogP contribution < -0.4 is 16.4 Å². The Labute approximate surface area is 235 Å². The van der Waals surface area contributed by atoms with Crippen LogP contribution in [0.2, 0.25) is 0 Å². The number of fused-ring (bicyclic) bond motifs is 1. The number of amides is 2. The Bertz CT molecular complexity index is 1660. The van der Waals surface area contributed by atoms with Gasteiger partial charge in [-0.15, -0.1) is 0 Å². The summed E-state index contributed by atoms with van der Waals surface area (Å²) in [6.45, 7) is 1.96. The monoisotopic (exact) mass is 555 g/mol. The maximum atomic E-state index is 13.7. The number of rotatable bonds is 13. The van der Waals surface area contributed by atoms with Crippen LogP contribution >= 0.6 is 0 Å². The molecule has 3 heterocycles. The largest absolute Gasteiger partial charge is 0.448 e. The molecule has 3 aromatic heterocycles. The van der Waals surface area contributed by atoms with Crippen LogP contribution in [0.5, 0.6) is 0 Å². The van der Waals surface area contributed by atoms with Gasteiger partial charge in [-0.3, -0.25) is 14.6 Å². The molecule has 0 atom stereocenters. The van der Waals surface area contributed by atoms with E-state index in [4.69, 9.17) is 15.1 Å². The summed E-state index contributed by atoms with van der Waals surface area (Å²) in [7, 11) is 0. The van der Waals surface area contributed by atoms with Crippen molar-refractivity contribution in [3.63, 3.8) is 0 Å². The van der Waals surface area contributed by atoms with Gasteiger partial charge in [0.15, 0.2) is 11.6 Å². The third-order valence-corrected chi connectivity index (χ3v) is 6.65. The van der Waals surface area contributed by atoms with Gasteiger partial charge < -0.3 is 25.4 Å². The number of primary amides is 1. The van der Waals surface area contributed by atoms with E-state index in [-0.39, 0.29) is 17.9 Å². The minimum Gasteiger partial charge on any atom is -0.448 e. The second-order valence-corrected chi connectivity index (χ2v) is 9.47. The Morgan fingerprint density at radius 3 is 2.68 bits per heavy atom. The smallest absolute Gasteiger partial charge is 0.273 e. The van der Waals surface area contributed by atoms with Crippen molar-refractivity contribution in [3.05, 3.63) is 113 Å². The summed E-state index contributed by atoms with van der Waals surface area (Å²) in [5.41, 5.74) is 9.25. The molecule has 0 aliphatic rings. The molecule has 0 radical (unpaired) electrons. The van der Waals surface area contributed by atoms with E-state index in [0.717, 1.165) is 28.8 Å². The molecule has 11 heteroatoms. The average molecular weight is 556 g/mol. The number of carbonyl (C=O) groups excluding carboxylic acids is 2. The quantitative estimate of drug-likeness (QED) is 0.190. The average Bonchev–Trinajstić information content (AvgIpc) is 3.60. The first-order valence-electron chi connectivity index (χ1n) is 13.3. The molecule has 0 unspecified atom stereocenters. The van der Waals surface area contributed by atoms with Gasteiger partial charge in [-0.25, -0.2) is 14.4 Å². The molecule has 0 aliphatic carbocycles. The number of hydrogen-bond acceptors (Lipinski definition) is 7. The van der Waals surface area contributed by atoms with Crippen LogP contribution in [-0.2, 0) is 32.4 Å². The van der Waals surface area contributed by atoms with E-state index in [1.165, 1.54) is 24.6 Å². The van der Waals surface area contributed by atoms with Crippen LogP contribution in [0.3, 0.4) is 0 Å². The molecule has 41 heavy (non-hydrogen) atoms. The minimum absolute atomic E-state index is 0.0419. The molecule has 0 aliphatic heterocycles. The Morgan fingerprint density at radius 1 is 0.976 bits per heavy atom. The first-order valence-corrected chi connectivity index (χ1v) is 13.3. The molecule has 0 saturated carbocycles. The highest BCUT2D eigenvalue weighted by Gasteiger charge is 2.14. The number of aromatic nitrogens is 4.